The van der Waals surface area contributed by atoms with E-state index in [-0.39, 0.29) is 12.7 Å². The van der Waals surface area contributed by atoms with Gasteiger partial charge < -0.3 is 4.74 Å². The smallest absolute Gasteiger partial charge is 0.253 e. The Morgan fingerprint density at radius 3 is 2.67 bits per heavy atom. The lowest BCUT2D eigenvalue weighted by atomic mass is 10.3. The molecule has 70 valence electrons. The molecule has 0 aromatic rings. The molecule has 0 aromatic heterocycles. The highest BCUT2D eigenvalue weighted by molar-refractivity contribution is 5.84. The first kappa shape index (κ1) is 11.1. The number of amides is 2. The fourth-order valence-corrected chi connectivity index (χ4v) is 0.595. The first-order valence-corrected chi connectivity index (χ1v) is 3.65. The Hall–Kier alpha value is -0.940. The first-order chi connectivity index (χ1) is 5.76. The molecule has 0 atom stereocenters. The monoisotopic (exact) mass is 175 g/mol. The summed E-state index contributed by atoms with van der Waals surface area (Å²) < 4.78 is 4.53. The third kappa shape index (κ3) is 4.05. The molecule has 0 aliphatic rings. The number of carbonyl (C=O) groups is 2. The Bertz CT molecular complexity index is 148. The molecular formula is C7H13NO4. The number of imide groups is 1. The summed E-state index contributed by atoms with van der Waals surface area (Å²) in [5.41, 5.74) is 0. The normalized spacial score (nSPS) is 9.50. The van der Waals surface area contributed by atoms with Gasteiger partial charge in [-0.2, -0.15) is 5.06 Å². The van der Waals surface area contributed by atoms with Crippen LogP contribution in [0.3, 0.4) is 0 Å². The van der Waals surface area contributed by atoms with E-state index in [1.165, 1.54) is 7.11 Å². The molecule has 0 fully saturated rings. The first-order valence-electron chi connectivity index (χ1n) is 3.65. The molecule has 0 rings (SSSR count). The molecular weight excluding hydrogens is 162 g/mol. The fraction of sp³-hybridized carbons (Fsp3) is 0.714. The third-order valence-corrected chi connectivity index (χ3v) is 1.12. The minimum Gasteiger partial charge on any atom is -0.356 e. The summed E-state index contributed by atoms with van der Waals surface area (Å²) in [7, 11) is 1.41. The minimum atomic E-state index is -0.357. The maximum Gasteiger partial charge on any atom is 0.253 e. The Labute approximate surface area is 71.2 Å². The molecule has 0 N–H and O–H groups in total. The van der Waals surface area contributed by atoms with Crippen LogP contribution in [0.15, 0.2) is 0 Å². The van der Waals surface area contributed by atoms with Gasteiger partial charge in [0, 0.05) is 13.5 Å². The molecule has 0 saturated carbocycles. The van der Waals surface area contributed by atoms with Crippen molar-refractivity contribution >= 4 is 12.3 Å². The Kier molecular flexibility index (Phi) is 6.22. The van der Waals surface area contributed by atoms with Gasteiger partial charge in [-0.15, -0.1) is 0 Å². The average Bonchev–Trinajstić information content (AvgIpc) is 2.06. The van der Waals surface area contributed by atoms with E-state index in [0.29, 0.717) is 24.3 Å². The topological polar surface area (TPSA) is 55.8 Å². The van der Waals surface area contributed by atoms with E-state index in [1.54, 1.807) is 0 Å². The minimum absolute atomic E-state index is 0.103. The van der Waals surface area contributed by atoms with E-state index in [0.717, 1.165) is 0 Å². The van der Waals surface area contributed by atoms with Crippen LogP contribution in [0.4, 0.5) is 0 Å². The molecule has 0 aliphatic heterocycles. The van der Waals surface area contributed by atoms with Crippen LogP contribution in [0.1, 0.15) is 19.8 Å². The van der Waals surface area contributed by atoms with Crippen molar-refractivity contribution < 1.29 is 19.2 Å². The molecule has 0 bridgehead atoms. The zero-order valence-corrected chi connectivity index (χ0v) is 7.28. The van der Waals surface area contributed by atoms with E-state index in [1.807, 2.05) is 6.92 Å². The van der Waals surface area contributed by atoms with E-state index in [2.05, 4.69) is 9.57 Å². The molecule has 0 saturated heterocycles. The van der Waals surface area contributed by atoms with Crippen molar-refractivity contribution in [1.29, 1.82) is 0 Å². The van der Waals surface area contributed by atoms with Crippen molar-refractivity contribution in [2.75, 3.05) is 13.9 Å². The van der Waals surface area contributed by atoms with Gasteiger partial charge in [0.2, 0.25) is 6.41 Å². The second kappa shape index (κ2) is 6.75. The van der Waals surface area contributed by atoms with E-state index >= 15 is 0 Å². The highest BCUT2D eigenvalue weighted by Crippen LogP contribution is 1.95. The molecule has 5 nitrogen and oxygen atoms in total. The number of ether oxygens (including phenoxy) is 1. The fourth-order valence-electron chi connectivity index (χ4n) is 0.595. The van der Waals surface area contributed by atoms with Crippen LogP contribution in [0.2, 0.25) is 0 Å². The Balaban J connectivity index is 3.79. The summed E-state index contributed by atoms with van der Waals surface area (Å²) in [6.45, 7) is 1.74. The van der Waals surface area contributed by atoms with E-state index in [9.17, 15) is 9.59 Å². The van der Waals surface area contributed by atoms with Crippen molar-refractivity contribution in [3.05, 3.63) is 0 Å². The van der Waals surface area contributed by atoms with E-state index in [4.69, 9.17) is 0 Å². The van der Waals surface area contributed by atoms with Crippen molar-refractivity contribution in [1.82, 2.24) is 5.06 Å². The predicted molar refractivity (Wildman–Crippen MR) is 40.8 cm³/mol. The molecule has 5 heteroatoms. The lowest BCUT2D eigenvalue weighted by Crippen LogP contribution is -2.30. The molecule has 2 amide bonds. The van der Waals surface area contributed by atoms with E-state index < -0.39 is 0 Å². The lowest BCUT2D eigenvalue weighted by Gasteiger charge is -2.12. The van der Waals surface area contributed by atoms with Crippen LogP contribution < -0.4 is 0 Å². The van der Waals surface area contributed by atoms with Gasteiger partial charge in [0.15, 0.2) is 6.79 Å². The quantitative estimate of drug-likeness (QED) is 0.331. The second-order valence-electron chi connectivity index (χ2n) is 2.11. The molecule has 0 heterocycles. The summed E-state index contributed by atoms with van der Waals surface area (Å²) in [5, 5.41) is 0.646. The number of nitrogens with zero attached hydrogens (tertiary/aromatic N) is 1. The average molecular weight is 175 g/mol. The molecule has 0 spiro atoms. The molecule has 12 heavy (non-hydrogen) atoms. The number of hydrogen-bond donors (Lipinski definition) is 0. The van der Waals surface area contributed by atoms with Gasteiger partial charge in [-0.05, 0) is 6.42 Å². The van der Waals surface area contributed by atoms with Crippen LogP contribution in [-0.2, 0) is 19.2 Å². The second-order valence-corrected chi connectivity index (χ2v) is 2.11. The zero-order chi connectivity index (χ0) is 9.40. The summed E-state index contributed by atoms with van der Waals surface area (Å²) in [4.78, 5) is 25.9. The Morgan fingerprint density at radius 1 is 1.58 bits per heavy atom. The molecule has 0 aliphatic carbocycles. The number of rotatable bonds is 6. The number of methoxy groups -OCH3 is 1. The van der Waals surface area contributed by atoms with Crippen LogP contribution in [0, 0.1) is 0 Å². The van der Waals surface area contributed by atoms with Gasteiger partial charge in [0.25, 0.3) is 5.91 Å². The van der Waals surface area contributed by atoms with Gasteiger partial charge >= 0.3 is 0 Å². The van der Waals surface area contributed by atoms with Crippen molar-refractivity contribution in [2.45, 2.75) is 19.8 Å². The maximum absolute atomic E-state index is 11.0. The van der Waals surface area contributed by atoms with Crippen LogP contribution >= 0.6 is 0 Å². The van der Waals surface area contributed by atoms with Crippen molar-refractivity contribution in [3.8, 4) is 0 Å². The lowest BCUT2D eigenvalue weighted by molar-refractivity contribution is -0.211. The van der Waals surface area contributed by atoms with Gasteiger partial charge in [-0.1, -0.05) is 6.92 Å². The summed E-state index contributed by atoms with van der Waals surface area (Å²) in [6, 6.07) is 0. The van der Waals surface area contributed by atoms with Gasteiger partial charge in [-0.25, -0.2) is 4.84 Å². The summed E-state index contributed by atoms with van der Waals surface area (Å²) >= 11 is 0. The van der Waals surface area contributed by atoms with Gasteiger partial charge in [0.1, 0.15) is 0 Å². The highest BCUT2D eigenvalue weighted by Gasteiger charge is 2.11. The van der Waals surface area contributed by atoms with Crippen molar-refractivity contribution in [2.24, 2.45) is 0 Å². The predicted octanol–water partition coefficient (Wildman–Crippen LogP) is 0.307. The number of hydroxylamine groups is 2. The van der Waals surface area contributed by atoms with Crippen LogP contribution in [0.25, 0.3) is 0 Å². The SMILES string of the molecule is CCCC(=O)N(C=O)OCOC. The number of carbonyl (C=O) groups excluding carboxylic acids is 2. The third-order valence-electron chi connectivity index (χ3n) is 1.12. The van der Waals surface area contributed by atoms with Gasteiger partial charge in [-0.3, -0.25) is 9.59 Å². The Morgan fingerprint density at radius 2 is 2.25 bits per heavy atom. The molecule has 0 unspecified atom stereocenters. The summed E-state index contributed by atoms with van der Waals surface area (Å²) in [5.74, 6) is -0.357. The summed E-state index contributed by atoms with van der Waals surface area (Å²) in [6.07, 6.45) is 1.30. The largest absolute Gasteiger partial charge is 0.356 e. The zero-order valence-electron chi connectivity index (χ0n) is 7.28. The van der Waals surface area contributed by atoms with Gasteiger partial charge in [0.05, 0.1) is 0 Å². The van der Waals surface area contributed by atoms with Crippen LogP contribution in [-0.4, -0.2) is 31.3 Å². The van der Waals surface area contributed by atoms with Crippen molar-refractivity contribution in [3.63, 3.8) is 0 Å². The number of hydrogen-bond acceptors (Lipinski definition) is 4. The standard InChI is InChI=1S/C7H13NO4/c1-3-4-7(10)8(5-9)12-6-11-2/h5H,3-4,6H2,1-2H3. The maximum atomic E-state index is 11.0. The highest BCUT2D eigenvalue weighted by atomic mass is 16.8. The van der Waals surface area contributed by atoms with Crippen LogP contribution in [0.5, 0.6) is 0 Å². The molecule has 0 aromatic carbocycles. The molecule has 0 radical (unpaired) electrons.